The second kappa shape index (κ2) is 4.83. The van der Waals surface area contributed by atoms with Crippen LogP contribution in [0.3, 0.4) is 0 Å². The van der Waals surface area contributed by atoms with E-state index in [1.165, 1.54) is 0 Å². The fraction of sp³-hybridized carbons (Fsp3) is 0.375. The molecule has 0 atom stereocenters. The number of rotatable bonds is 2. The number of nitrogens with zero attached hydrogens (tertiary/aromatic N) is 1. The van der Waals surface area contributed by atoms with Gasteiger partial charge in [0.1, 0.15) is 0 Å². The summed E-state index contributed by atoms with van der Waals surface area (Å²) in [6.45, 7) is 1.08. The minimum atomic E-state index is -6.33. The molecule has 1 rings (SSSR count). The third-order valence-corrected chi connectivity index (χ3v) is 5.18. The van der Waals surface area contributed by atoms with Crippen LogP contribution in [0.4, 0.5) is 26.3 Å². The fourth-order valence-electron chi connectivity index (χ4n) is 1.19. The predicted molar refractivity (Wildman–Crippen MR) is 55.0 cm³/mol. The van der Waals surface area contributed by atoms with E-state index in [1.807, 2.05) is 0 Å². The summed E-state index contributed by atoms with van der Waals surface area (Å²) in [7, 11) is -12.6. The van der Waals surface area contributed by atoms with Gasteiger partial charge in [0.05, 0.1) is 0 Å². The van der Waals surface area contributed by atoms with Gasteiger partial charge in [0.25, 0.3) is 0 Å². The highest BCUT2D eigenvalue weighted by atomic mass is 32.2. The molecule has 0 bridgehead atoms. The van der Waals surface area contributed by atoms with Gasteiger partial charge in [0.15, 0.2) is 6.20 Å². The molecule has 0 radical (unpaired) electrons. The Morgan fingerprint density at radius 2 is 1.43 bits per heavy atom. The molecule has 1 aromatic rings. The highest BCUT2D eigenvalue weighted by Crippen LogP contribution is 2.30. The molecule has 0 saturated heterocycles. The minimum Gasteiger partial charge on any atom is -0.208 e. The van der Waals surface area contributed by atoms with Crippen LogP contribution in [0.2, 0.25) is 0 Å². The van der Waals surface area contributed by atoms with Crippen molar-refractivity contribution >= 4 is 19.9 Å². The van der Waals surface area contributed by atoms with E-state index in [0.717, 1.165) is 13.0 Å². The molecule has 0 aliphatic rings. The molecule has 0 saturated carbocycles. The maximum absolute atomic E-state index is 12.4. The third-order valence-electron chi connectivity index (χ3n) is 2.17. The van der Waals surface area contributed by atoms with Crippen LogP contribution in [0.1, 0.15) is 5.56 Å². The standard InChI is InChI=1S/C8H6F6NO4S2/c1-5-2-3-15(21(18,19)8(12,13)14)6(4-5)20(16,17)7(9,10)11/h2-4H,1H3/q+1. The maximum atomic E-state index is 12.4. The second-order valence-electron chi connectivity index (χ2n) is 3.74. The van der Waals surface area contributed by atoms with E-state index < -0.39 is 39.9 Å². The summed E-state index contributed by atoms with van der Waals surface area (Å²) in [5.74, 6) is 0. The van der Waals surface area contributed by atoms with Crippen LogP contribution in [-0.4, -0.2) is 27.9 Å². The van der Waals surface area contributed by atoms with Crippen molar-refractivity contribution in [1.29, 1.82) is 0 Å². The van der Waals surface area contributed by atoms with E-state index in [1.54, 1.807) is 0 Å². The number of aromatic nitrogens is 1. The number of halogens is 6. The van der Waals surface area contributed by atoms with E-state index in [9.17, 15) is 43.2 Å². The van der Waals surface area contributed by atoms with Gasteiger partial charge in [-0.05, 0) is 12.5 Å². The molecule has 13 heteroatoms. The smallest absolute Gasteiger partial charge is 0.208 e. The van der Waals surface area contributed by atoms with Crippen molar-refractivity contribution in [1.82, 2.24) is 0 Å². The Bertz CT molecular complexity index is 763. The Morgan fingerprint density at radius 1 is 0.952 bits per heavy atom. The normalized spacial score (nSPS) is 14.2. The van der Waals surface area contributed by atoms with Crippen LogP contribution in [-0.2, 0) is 19.9 Å². The second-order valence-corrected chi connectivity index (χ2v) is 7.43. The van der Waals surface area contributed by atoms with Crippen molar-refractivity contribution in [2.45, 2.75) is 23.0 Å². The summed E-state index contributed by atoms with van der Waals surface area (Å²) in [4.78, 5) is 0. The largest absolute Gasteiger partial charge is 0.560 e. The Kier molecular flexibility index (Phi) is 4.07. The minimum absolute atomic E-state index is 0.0940. The average molecular weight is 358 g/mol. The lowest BCUT2D eigenvalue weighted by Gasteiger charge is -2.09. The molecule has 0 spiro atoms. The van der Waals surface area contributed by atoms with E-state index in [-0.39, 0.29) is 17.8 Å². The molecule has 1 heterocycles. The van der Waals surface area contributed by atoms with E-state index in [0.29, 0.717) is 0 Å². The lowest BCUT2D eigenvalue weighted by atomic mass is 10.3. The quantitative estimate of drug-likeness (QED) is 0.590. The van der Waals surface area contributed by atoms with Crippen molar-refractivity contribution in [3.63, 3.8) is 0 Å². The molecule has 0 aromatic carbocycles. The number of hydrogen-bond acceptors (Lipinski definition) is 4. The number of alkyl halides is 6. The molecular formula is C8H6F6NO4S2+. The first kappa shape index (κ1) is 17.7. The summed E-state index contributed by atoms with van der Waals surface area (Å²) >= 11 is 0. The van der Waals surface area contributed by atoms with Gasteiger partial charge >= 0.3 is 35.9 Å². The van der Waals surface area contributed by atoms with Gasteiger partial charge in [-0.2, -0.15) is 34.8 Å². The summed E-state index contributed by atoms with van der Waals surface area (Å²) in [6.07, 6.45) is 0.0940. The van der Waals surface area contributed by atoms with E-state index in [4.69, 9.17) is 0 Å². The van der Waals surface area contributed by atoms with Crippen LogP contribution >= 0.6 is 0 Å². The highest BCUT2D eigenvalue weighted by molar-refractivity contribution is 7.92. The van der Waals surface area contributed by atoms with Gasteiger partial charge in [-0.25, -0.2) is 8.42 Å². The van der Waals surface area contributed by atoms with Crippen LogP contribution in [0.5, 0.6) is 0 Å². The molecule has 0 aliphatic heterocycles. The lowest BCUT2D eigenvalue weighted by Crippen LogP contribution is -2.54. The Hall–Kier alpha value is -1.37. The summed E-state index contributed by atoms with van der Waals surface area (Å²) in [6, 6.07) is 0.908. The summed E-state index contributed by atoms with van der Waals surface area (Å²) in [5.41, 5.74) is -12.1. The molecule has 0 amide bonds. The zero-order chi connectivity index (χ0) is 16.9. The van der Waals surface area contributed by atoms with Crippen molar-refractivity contribution in [3.8, 4) is 0 Å². The Labute approximate surface area is 114 Å². The van der Waals surface area contributed by atoms with Crippen LogP contribution < -0.4 is 3.97 Å². The van der Waals surface area contributed by atoms with Crippen molar-refractivity contribution < 1.29 is 47.2 Å². The number of pyridine rings is 1. The van der Waals surface area contributed by atoms with E-state index >= 15 is 0 Å². The summed E-state index contributed by atoms with van der Waals surface area (Å²) < 4.78 is 118. The Morgan fingerprint density at radius 3 is 1.81 bits per heavy atom. The highest BCUT2D eigenvalue weighted by Gasteiger charge is 2.60. The molecule has 120 valence electrons. The molecule has 0 aliphatic carbocycles. The average Bonchev–Trinajstić information content (AvgIpc) is 2.25. The van der Waals surface area contributed by atoms with Crippen molar-refractivity contribution in [3.05, 3.63) is 23.9 Å². The van der Waals surface area contributed by atoms with Crippen molar-refractivity contribution in [2.24, 2.45) is 0 Å². The first-order valence-electron chi connectivity index (χ1n) is 4.78. The van der Waals surface area contributed by atoms with Gasteiger partial charge in [-0.15, -0.1) is 0 Å². The topological polar surface area (TPSA) is 72.2 Å². The van der Waals surface area contributed by atoms with Gasteiger partial charge in [0, 0.05) is 12.1 Å². The van der Waals surface area contributed by atoms with Crippen molar-refractivity contribution in [2.75, 3.05) is 0 Å². The zero-order valence-electron chi connectivity index (χ0n) is 9.90. The number of aryl methyl sites for hydroxylation is 1. The third kappa shape index (κ3) is 2.97. The molecule has 0 fully saturated rings. The molecule has 0 unspecified atom stereocenters. The van der Waals surface area contributed by atoms with Crippen LogP contribution in [0.15, 0.2) is 23.4 Å². The van der Waals surface area contributed by atoms with E-state index in [2.05, 4.69) is 0 Å². The number of hydrogen-bond donors (Lipinski definition) is 0. The lowest BCUT2D eigenvalue weighted by molar-refractivity contribution is -0.562. The maximum Gasteiger partial charge on any atom is 0.560 e. The van der Waals surface area contributed by atoms with Gasteiger partial charge in [0.2, 0.25) is 0 Å². The first-order valence-corrected chi connectivity index (χ1v) is 7.70. The fourth-order valence-corrected chi connectivity index (χ4v) is 3.39. The zero-order valence-corrected chi connectivity index (χ0v) is 11.5. The van der Waals surface area contributed by atoms with Gasteiger partial charge in [-0.1, -0.05) is 3.97 Å². The first-order chi connectivity index (χ1) is 9.12. The molecule has 21 heavy (non-hydrogen) atoms. The monoisotopic (exact) mass is 358 g/mol. The molecular weight excluding hydrogens is 352 g/mol. The van der Waals surface area contributed by atoms with Gasteiger partial charge in [-0.3, -0.25) is 0 Å². The molecule has 5 nitrogen and oxygen atoms in total. The SMILES string of the molecule is Cc1cc[n+](S(=O)(=O)C(F)(F)F)c(S(=O)(=O)C(F)(F)F)c1. The Balaban J connectivity index is 3.84. The van der Waals surface area contributed by atoms with Crippen LogP contribution in [0, 0.1) is 6.92 Å². The van der Waals surface area contributed by atoms with Gasteiger partial charge < -0.3 is 0 Å². The van der Waals surface area contributed by atoms with Crippen LogP contribution in [0.25, 0.3) is 0 Å². The molecule has 1 aromatic heterocycles. The molecule has 0 N–H and O–H groups in total. The summed E-state index contributed by atoms with van der Waals surface area (Å²) in [5, 5.41) is -2.03. The predicted octanol–water partition coefficient (Wildman–Crippen LogP) is 1.27. The number of sulfone groups is 1.